The minimum atomic E-state index is -0.206. The second-order valence-corrected chi connectivity index (χ2v) is 6.44. The number of morpholine rings is 1. The van der Waals surface area contributed by atoms with E-state index in [1.54, 1.807) is 0 Å². The highest BCUT2D eigenvalue weighted by molar-refractivity contribution is 5.81. The predicted molar refractivity (Wildman–Crippen MR) is 86.7 cm³/mol. The first-order valence-corrected chi connectivity index (χ1v) is 7.48. The molecule has 21 heavy (non-hydrogen) atoms. The maximum atomic E-state index is 6.01. The summed E-state index contributed by atoms with van der Waals surface area (Å²) in [5, 5.41) is 1.18. The second kappa shape index (κ2) is 5.28. The zero-order valence-corrected chi connectivity index (χ0v) is 13.0. The number of para-hydroxylation sites is 1. The minimum absolute atomic E-state index is 0.0569. The van der Waals surface area contributed by atoms with Crippen LogP contribution in [-0.4, -0.2) is 36.3 Å². The molecule has 1 aromatic carbocycles. The standard InChI is InChI=1S/C17H23N3O/c1-12-8-13-6-4-5-7-15(13)19-16(12)20-10-14(9-18)21-17(2,3)11-20/h4-8,14H,9-11,18H2,1-3H3. The van der Waals surface area contributed by atoms with E-state index in [2.05, 4.69) is 43.9 Å². The summed E-state index contributed by atoms with van der Waals surface area (Å²) in [5.74, 6) is 1.04. The van der Waals surface area contributed by atoms with Crippen molar-refractivity contribution in [3.63, 3.8) is 0 Å². The van der Waals surface area contributed by atoms with E-state index in [9.17, 15) is 0 Å². The molecule has 3 rings (SSSR count). The fraction of sp³-hybridized carbons (Fsp3) is 0.471. The van der Waals surface area contributed by atoms with Crippen molar-refractivity contribution in [1.29, 1.82) is 0 Å². The van der Waals surface area contributed by atoms with Crippen LogP contribution in [0.15, 0.2) is 30.3 Å². The molecule has 0 spiro atoms. The molecule has 0 amide bonds. The van der Waals surface area contributed by atoms with Crippen LogP contribution in [0.4, 0.5) is 5.82 Å². The molecule has 1 atom stereocenters. The molecule has 4 nitrogen and oxygen atoms in total. The molecular weight excluding hydrogens is 262 g/mol. The van der Waals surface area contributed by atoms with Crippen LogP contribution >= 0.6 is 0 Å². The molecule has 1 fully saturated rings. The zero-order valence-electron chi connectivity index (χ0n) is 13.0. The molecule has 0 radical (unpaired) electrons. The van der Waals surface area contributed by atoms with Crippen LogP contribution in [0.1, 0.15) is 19.4 Å². The van der Waals surface area contributed by atoms with E-state index in [0.717, 1.165) is 24.4 Å². The fourth-order valence-corrected chi connectivity index (χ4v) is 3.11. The van der Waals surface area contributed by atoms with Crippen molar-refractivity contribution < 1.29 is 4.74 Å². The second-order valence-electron chi connectivity index (χ2n) is 6.44. The average Bonchev–Trinajstić information content (AvgIpc) is 2.44. The summed E-state index contributed by atoms with van der Waals surface area (Å²) in [6.45, 7) is 8.50. The van der Waals surface area contributed by atoms with Gasteiger partial charge in [-0.2, -0.15) is 0 Å². The van der Waals surface area contributed by atoms with Gasteiger partial charge in [0.2, 0.25) is 0 Å². The molecule has 1 saturated heterocycles. The lowest BCUT2D eigenvalue weighted by atomic mass is 10.0. The van der Waals surface area contributed by atoms with E-state index >= 15 is 0 Å². The van der Waals surface area contributed by atoms with Crippen molar-refractivity contribution in [2.45, 2.75) is 32.5 Å². The molecule has 0 saturated carbocycles. The molecule has 0 bridgehead atoms. The summed E-state index contributed by atoms with van der Waals surface area (Å²) < 4.78 is 6.01. The number of nitrogens with zero attached hydrogens (tertiary/aromatic N) is 2. The Labute approximate surface area is 125 Å². The van der Waals surface area contributed by atoms with Gasteiger partial charge in [-0.15, -0.1) is 0 Å². The largest absolute Gasteiger partial charge is 0.367 e. The Balaban J connectivity index is 2.00. The molecule has 1 aliphatic heterocycles. The number of aromatic nitrogens is 1. The van der Waals surface area contributed by atoms with Crippen LogP contribution in [0.25, 0.3) is 10.9 Å². The third kappa shape index (κ3) is 2.87. The van der Waals surface area contributed by atoms with E-state index in [0.29, 0.717) is 6.54 Å². The van der Waals surface area contributed by atoms with Gasteiger partial charge < -0.3 is 15.4 Å². The topological polar surface area (TPSA) is 51.4 Å². The summed E-state index contributed by atoms with van der Waals surface area (Å²) >= 11 is 0. The Hall–Kier alpha value is -1.65. The number of benzene rings is 1. The molecular formula is C17H23N3O. The number of nitrogens with two attached hydrogens (primary N) is 1. The van der Waals surface area contributed by atoms with Gasteiger partial charge in [-0.1, -0.05) is 18.2 Å². The first-order chi connectivity index (χ1) is 9.98. The van der Waals surface area contributed by atoms with Crippen LogP contribution in [0.3, 0.4) is 0 Å². The third-order valence-corrected chi connectivity index (χ3v) is 3.93. The van der Waals surface area contributed by atoms with Crippen LogP contribution in [0.5, 0.6) is 0 Å². The maximum absolute atomic E-state index is 6.01. The zero-order chi connectivity index (χ0) is 15.0. The molecule has 112 valence electrons. The lowest BCUT2D eigenvalue weighted by Crippen LogP contribution is -2.55. The highest BCUT2D eigenvalue weighted by Gasteiger charge is 2.33. The third-order valence-electron chi connectivity index (χ3n) is 3.93. The first kappa shape index (κ1) is 14.3. The lowest BCUT2D eigenvalue weighted by Gasteiger charge is -2.43. The van der Waals surface area contributed by atoms with Crippen LogP contribution in [-0.2, 0) is 4.74 Å². The monoisotopic (exact) mass is 285 g/mol. The Kier molecular flexibility index (Phi) is 3.59. The van der Waals surface area contributed by atoms with Crippen molar-refractivity contribution in [2.24, 2.45) is 5.73 Å². The number of hydrogen-bond donors (Lipinski definition) is 1. The predicted octanol–water partition coefficient (Wildman–Crippen LogP) is 2.49. The van der Waals surface area contributed by atoms with Crippen LogP contribution in [0, 0.1) is 6.92 Å². The maximum Gasteiger partial charge on any atom is 0.132 e. The summed E-state index contributed by atoms with van der Waals surface area (Å²) in [4.78, 5) is 7.17. The highest BCUT2D eigenvalue weighted by Crippen LogP contribution is 2.28. The van der Waals surface area contributed by atoms with Gasteiger partial charge >= 0.3 is 0 Å². The normalized spacial score (nSPS) is 21.7. The SMILES string of the molecule is Cc1cc2ccccc2nc1N1CC(CN)OC(C)(C)C1. The molecule has 0 aliphatic carbocycles. The first-order valence-electron chi connectivity index (χ1n) is 7.48. The van der Waals surface area contributed by atoms with Gasteiger partial charge in [0.05, 0.1) is 17.2 Å². The fourth-order valence-electron chi connectivity index (χ4n) is 3.11. The Morgan fingerprint density at radius 1 is 1.38 bits per heavy atom. The number of rotatable bonds is 2. The molecule has 1 aromatic heterocycles. The number of ether oxygens (including phenoxy) is 1. The van der Waals surface area contributed by atoms with Gasteiger partial charge in [-0.25, -0.2) is 4.98 Å². The molecule has 1 aliphatic rings. The molecule has 2 N–H and O–H groups in total. The lowest BCUT2D eigenvalue weighted by molar-refractivity contribution is -0.0790. The smallest absolute Gasteiger partial charge is 0.132 e. The Morgan fingerprint density at radius 2 is 2.14 bits per heavy atom. The summed E-state index contributed by atoms with van der Waals surface area (Å²) in [6, 6.07) is 10.4. The van der Waals surface area contributed by atoms with Gasteiger partial charge in [0.1, 0.15) is 5.82 Å². The number of anilines is 1. The average molecular weight is 285 g/mol. The summed E-state index contributed by atoms with van der Waals surface area (Å²) in [6.07, 6.45) is 0.0569. The summed E-state index contributed by atoms with van der Waals surface area (Å²) in [7, 11) is 0. The van der Waals surface area contributed by atoms with Crippen LogP contribution in [0.2, 0.25) is 0 Å². The number of fused-ring (bicyclic) bond motifs is 1. The molecule has 2 aromatic rings. The minimum Gasteiger partial charge on any atom is -0.367 e. The van der Waals surface area contributed by atoms with Crippen molar-refractivity contribution in [1.82, 2.24) is 4.98 Å². The van der Waals surface area contributed by atoms with E-state index in [-0.39, 0.29) is 11.7 Å². The van der Waals surface area contributed by atoms with E-state index in [4.69, 9.17) is 15.5 Å². The van der Waals surface area contributed by atoms with Gasteiger partial charge in [0, 0.05) is 25.0 Å². The number of aryl methyl sites for hydroxylation is 1. The number of hydrogen-bond acceptors (Lipinski definition) is 4. The molecule has 2 heterocycles. The van der Waals surface area contributed by atoms with Gasteiger partial charge in [-0.05, 0) is 38.5 Å². The number of pyridine rings is 1. The van der Waals surface area contributed by atoms with E-state index in [1.165, 1.54) is 10.9 Å². The summed E-state index contributed by atoms with van der Waals surface area (Å²) in [5.41, 5.74) is 7.85. The van der Waals surface area contributed by atoms with Gasteiger partial charge in [0.15, 0.2) is 0 Å². The Morgan fingerprint density at radius 3 is 2.90 bits per heavy atom. The van der Waals surface area contributed by atoms with Crippen molar-refractivity contribution in [2.75, 3.05) is 24.5 Å². The quantitative estimate of drug-likeness (QED) is 0.921. The molecule has 1 unspecified atom stereocenters. The van der Waals surface area contributed by atoms with E-state index in [1.807, 2.05) is 12.1 Å². The van der Waals surface area contributed by atoms with E-state index < -0.39 is 0 Å². The Bertz CT molecular complexity index is 654. The molecule has 4 heteroatoms. The van der Waals surface area contributed by atoms with Crippen LogP contribution < -0.4 is 10.6 Å². The highest BCUT2D eigenvalue weighted by atomic mass is 16.5. The van der Waals surface area contributed by atoms with Crippen molar-refractivity contribution in [3.05, 3.63) is 35.9 Å². The van der Waals surface area contributed by atoms with Crippen molar-refractivity contribution in [3.8, 4) is 0 Å². The van der Waals surface area contributed by atoms with Gasteiger partial charge in [-0.3, -0.25) is 0 Å². The van der Waals surface area contributed by atoms with Crippen molar-refractivity contribution >= 4 is 16.7 Å². The van der Waals surface area contributed by atoms with Gasteiger partial charge in [0.25, 0.3) is 0 Å².